The zero-order valence-corrected chi connectivity index (χ0v) is 10.7. The fourth-order valence-electron chi connectivity index (χ4n) is 1.85. The van der Waals surface area contributed by atoms with E-state index in [1.165, 1.54) is 5.56 Å². The van der Waals surface area contributed by atoms with Crippen molar-refractivity contribution < 1.29 is 9.21 Å². The molecule has 0 atom stereocenters. The van der Waals surface area contributed by atoms with Crippen LogP contribution in [0.5, 0.6) is 0 Å². The molecule has 0 N–H and O–H groups in total. The molecule has 0 saturated heterocycles. The average molecular weight is 231 g/mol. The molecule has 2 aromatic rings. The first kappa shape index (κ1) is 11.7. The molecular weight excluding hydrogens is 214 g/mol. The van der Waals surface area contributed by atoms with Gasteiger partial charge in [-0.2, -0.15) is 0 Å². The van der Waals surface area contributed by atoms with Crippen LogP contribution < -0.4 is 0 Å². The summed E-state index contributed by atoms with van der Waals surface area (Å²) in [6.45, 7) is 4.10. The lowest BCUT2D eigenvalue weighted by atomic mass is 10.0. The number of amides is 1. The average Bonchev–Trinajstić information content (AvgIpc) is 2.67. The molecule has 1 aromatic carbocycles. The molecule has 0 aliphatic heterocycles. The number of benzene rings is 1. The predicted octanol–water partition coefficient (Wildman–Crippen LogP) is 2.68. The van der Waals surface area contributed by atoms with E-state index in [1.54, 1.807) is 25.3 Å². The highest BCUT2D eigenvalue weighted by atomic mass is 16.3. The Hall–Kier alpha value is -1.77. The summed E-state index contributed by atoms with van der Waals surface area (Å²) in [7, 11) is 3.53. The van der Waals surface area contributed by atoms with Gasteiger partial charge in [-0.25, -0.2) is 0 Å². The molecule has 1 aromatic heterocycles. The van der Waals surface area contributed by atoms with Gasteiger partial charge in [-0.15, -0.1) is 0 Å². The van der Waals surface area contributed by atoms with Gasteiger partial charge >= 0.3 is 0 Å². The molecule has 3 nitrogen and oxygen atoms in total. The highest BCUT2D eigenvalue weighted by Gasteiger charge is 2.13. The lowest BCUT2D eigenvalue weighted by Gasteiger charge is -2.08. The Bertz CT molecular complexity index is 567. The summed E-state index contributed by atoms with van der Waals surface area (Å²) < 4.78 is 5.57. The molecule has 0 fully saturated rings. The summed E-state index contributed by atoms with van der Waals surface area (Å²) in [4.78, 5) is 13.3. The van der Waals surface area contributed by atoms with Crippen LogP contribution in [-0.2, 0) is 11.2 Å². The van der Waals surface area contributed by atoms with Crippen LogP contribution in [0.15, 0.2) is 22.8 Å². The molecule has 3 heteroatoms. The quantitative estimate of drug-likeness (QED) is 0.796. The van der Waals surface area contributed by atoms with E-state index in [0.717, 1.165) is 22.1 Å². The monoisotopic (exact) mass is 231 g/mol. The highest BCUT2D eigenvalue weighted by molar-refractivity contribution is 5.89. The third kappa shape index (κ3) is 2.05. The largest absolute Gasteiger partial charge is 0.464 e. The summed E-state index contributed by atoms with van der Waals surface area (Å²) in [5.74, 6) is 0.0888. The van der Waals surface area contributed by atoms with Crippen LogP contribution in [0, 0.1) is 13.8 Å². The van der Waals surface area contributed by atoms with Gasteiger partial charge in [0.1, 0.15) is 5.58 Å². The van der Waals surface area contributed by atoms with E-state index in [-0.39, 0.29) is 5.91 Å². The van der Waals surface area contributed by atoms with Gasteiger partial charge in [0.2, 0.25) is 5.91 Å². The second-order valence-electron chi connectivity index (χ2n) is 4.61. The Morgan fingerprint density at radius 3 is 2.65 bits per heavy atom. The number of rotatable bonds is 2. The number of carbonyl (C=O) groups excluding carboxylic acids is 1. The van der Waals surface area contributed by atoms with Crippen molar-refractivity contribution in [1.29, 1.82) is 0 Å². The number of fused-ring (bicyclic) bond motifs is 1. The van der Waals surface area contributed by atoms with Gasteiger partial charge in [0.15, 0.2) is 0 Å². The van der Waals surface area contributed by atoms with Crippen molar-refractivity contribution >= 4 is 16.9 Å². The number of hydrogen-bond acceptors (Lipinski definition) is 2. The van der Waals surface area contributed by atoms with E-state index < -0.39 is 0 Å². The fourth-order valence-corrected chi connectivity index (χ4v) is 1.85. The van der Waals surface area contributed by atoms with Crippen molar-refractivity contribution in [2.45, 2.75) is 20.3 Å². The van der Waals surface area contributed by atoms with E-state index in [4.69, 9.17) is 4.42 Å². The van der Waals surface area contributed by atoms with Gasteiger partial charge in [-0.05, 0) is 25.0 Å². The Kier molecular flexibility index (Phi) is 2.92. The van der Waals surface area contributed by atoms with Crippen LogP contribution in [0.3, 0.4) is 0 Å². The van der Waals surface area contributed by atoms with Crippen LogP contribution >= 0.6 is 0 Å². The maximum absolute atomic E-state index is 11.7. The number of furan rings is 1. The maximum Gasteiger partial charge on any atom is 0.226 e. The number of aryl methyl sites for hydroxylation is 2. The first-order valence-corrected chi connectivity index (χ1v) is 5.67. The minimum absolute atomic E-state index is 0.0888. The number of nitrogens with zero attached hydrogens (tertiary/aromatic N) is 1. The Balaban J connectivity index is 2.44. The van der Waals surface area contributed by atoms with Gasteiger partial charge in [0.05, 0.1) is 12.7 Å². The summed E-state index contributed by atoms with van der Waals surface area (Å²) in [6, 6.07) is 4.09. The molecule has 1 amide bonds. The molecule has 0 spiro atoms. The maximum atomic E-state index is 11.7. The van der Waals surface area contributed by atoms with Crippen LogP contribution in [0.2, 0.25) is 0 Å². The molecular formula is C14H17NO2. The molecule has 0 bridgehead atoms. The first-order valence-electron chi connectivity index (χ1n) is 5.67. The van der Waals surface area contributed by atoms with E-state index in [1.807, 2.05) is 13.0 Å². The number of hydrogen-bond donors (Lipinski definition) is 0. The van der Waals surface area contributed by atoms with E-state index in [2.05, 4.69) is 13.0 Å². The zero-order valence-electron chi connectivity index (χ0n) is 10.7. The second kappa shape index (κ2) is 4.24. The van der Waals surface area contributed by atoms with Crippen LogP contribution in [-0.4, -0.2) is 24.9 Å². The lowest BCUT2D eigenvalue weighted by Crippen LogP contribution is -2.23. The molecule has 0 aliphatic rings. The molecule has 2 rings (SSSR count). The predicted molar refractivity (Wildman–Crippen MR) is 68.1 cm³/mol. The van der Waals surface area contributed by atoms with Crippen molar-refractivity contribution in [3.63, 3.8) is 0 Å². The van der Waals surface area contributed by atoms with Gasteiger partial charge in [-0.1, -0.05) is 12.1 Å². The van der Waals surface area contributed by atoms with Gasteiger partial charge in [0, 0.05) is 25.0 Å². The summed E-state index contributed by atoms with van der Waals surface area (Å²) >= 11 is 0. The van der Waals surface area contributed by atoms with Crippen LogP contribution in [0.1, 0.15) is 16.7 Å². The van der Waals surface area contributed by atoms with Crippen molar-refractivity contribution in [2.24, 2.45) is 0 Å². The summed E-state index contributed by atoms with van der Waals surface area (Å²) in [5.41, 5.74) is 4.21. The van der Waals surface area contributed by atoms with Gasteiger partial charge in [0.25, 0.3) is 0 Å². The van der Waals surface area contributed by atoms with E-state index >= 15 is 0 Å². The molecule has 0 radical (unpaired) electrons. The van der Waals surface area contributed by atoms with E-state index in [9.17, 15) is 4.79 Å². The molecule has 90 valence electrons. The number of likely N-dealkylation sites (N-methyl/N-ethyl adjacent to an activating group) is 1. The first-order chi connectivity index (χ1) is 8.00. The second-order valence-corrected chi connectivity index (χ2v) is 4.61. The lowest BCUT2D eigenvalue weighted by molar-refractivity contribution is -0.127. The van der Waals surface area contributed by atoms with Crippen molar-refractivity contribution in [1.82, 2.24) is 4.90 Å². The fraction of sp³-hybridized carbons (Fsp3) is 0.357. The Labute approximate surface area is 101 Å². The minimum Gasteiger partial charge on any atom is -0.464 e. The SMILES string of the molecule is Cc1ccc2c(CC(=O)N(C)C)coc2c1C. The molecule has 1 heterocycles. The Morgan fingerprint density at radius 2 is 2.00 bits per heavy atom. The molecule has 17 heavy (non-hydrogen) atoms. The standard InChI is InChI=1S/C14H17NO2/c1-9-5-6-12-11(7-13(16)15(3)4)8-17-14(12)10(9)2/h5-6,8H,7H2,1-4H3. The van der Waals surface area contributed by atoms with Crippen molar-refractivity contribution in [3.8, 4) is 0 Å². The zero-order chi connectivity index (χ0) is 12.6. The Morgan fingerprint density at radius 1 is 1.29 bits per heavy atom. The normalized spacial score (nSPS) is 10.8. The third-order valence-corrected chi connectivity index (χ3v) is 3.18. The van der Waals surface area contributed by atoms with Gasteiger partial charge in [-0.3, -0.25) is 4.79 Å². The third-order valence-electron chi connectivity index (χ3n) is 3.18. The van der Waals surface area contributed by atoms with Crippen molar-refractivity contribution in [3.05, 3.63) is 35.1 Å². The molecule has 0 unspecified atom stereocenters. The van der Waals surface area contributed by atoms with Crippen LogP contribution in [0.4, 0.5) is 0 Å². The smallest absolute Gasteiger partial charge is 0.226 e. The summed E-state index contributed by atoms with van der Waals surface area (Å²) in [5, 5.41) is 1.04. The minimum atomic E-state index is 0.0888. The van der Waals surface area contributed by atoms with Crippen LogP contribution in [0.25, 0.3) is 11.0 Å². The number of carbonyl (C=O) groups is 1. The molecule has 0 aliphatic carbocycles. The topological polar surface area (TPSA) is 33.5 Å². The van der Waals surface area contributed by atoms with Gasteiger partial charge < -0.3 is 9.32 Å². The molecule has 0 saturated carbocycles. The summed E-state index contributed by atoms with van der Waals surface area (Å²) in [6.07, 6.45) is 2.08. The highest BCUT2D eigenvalue weighted by Crippen LogP contribution is 2.26. The van der Waals surface area contributed by atoms with Crippen molar-refractivity contribution in [2.75, 3.05) is 14.1 Å². The van der Waals surface area contributed by atoms with E-state index in [0.29, 0.717) is 6.42 Å².